The molecule has 108 valence electrons. The minimum atomic E-state index is -0.698. The van der Waals surface area contributed by atoms with Crippen LogP contribution in [0, 0.1) is 5.92 Å². The van der Waals surface area contributed by atoms with Crippen molar-refractivity contribution in [3.63, 3.8) is 0 Å². The predicted molar refractivity (Wildman–Crippen MR) is 80.4 cm³/mol. The third-order valence-corrected chi connectivity index (χ3v) is 4.76. The molecule has 0 aliphatic carbocycles. The monoisotopic (exact) mass is 274 g/mol. The zero-order valence-electron chi connectivity index (χ0n) is 12.6. The highest BCUT2D eigenvalue weighted by Crippen LogP contribution is 2.18. The Hall–Kier alpha value is 0.0700. The van der Waals surface area contributed by atoms with Gasteiger partial charge in [-0.3, -0.25) is 9.11 Å². The Labute approximate surface area is 115 Å². The average Bonchev–Trinajstić information content (AvgIpc) is 2.27. The fourth-order valence-corrected chi connectivity index (χ4v) is 3.84. The van der Waals surface area contributed by atoms with E-state index < -0.39 is 10.8 Å². The second kappa shape index (κ2) is 7.61. The third kappa shape index (κ3) is 4.98. The van der Waals surface area contributed by atoms with Crippen LogP contribution >= 0.6 is 0 Å². The van der Waals surface area contributed by atoms with Crippen LogP contribution in [0.1, 0.15) is 40.5 Å². The van der Waals surface area contributed by atoms with E-state index in [0.717, 1.165) is 24.8 Å². The van der Waals surface area contributed by atoms with Gasteiger partial charge in [-0.15, -0.1) is 0 Å². The Bertz CT molecular complexity index is 271. The van der Waals surface area contributed by atoms with E-state index in [-0.39, 0.29) is 0 Å². The van der Waals surface area contributed by atoms with E-state index in [1.165, 1.54) is 12.8 Å². The molecular formula is C14H30N2OS. The van der Waals surface area contributed by atoms with Crippen molar-refractivity contribution in [1.29, 1.82) is 0 Å². The Balaban J connectivity index is 2.60. The van der Waals surface area contributed by atoms with Crippen LogP contribution < -0.4 is 5.32 Å². The summed E-state index contributed by atoms with van der Waals surface area (Å²) >= 11 is 0. The van der Waals surface area contributed by atoms with Crippen molar-refractivity contribution < 1.29 is 4.21 Å². The van der Waals surface area contributed by atoms with Crippen LogP contribution in [0.25, 0.3) is 0 Å². The van der Waals surface area contributed by atoms with Crippen molar-refractivity contribution in [2.75, 3.05) is 25.1 Å². The molecule has 0 spiro atoms. The molecule has 1 saturated heterocycles. The van der Waals surface area contributed by atoms with Gasteiger partial charge in [0.05, 0.1) is 0 Å². The molecule has 4 atom stereocenters. The van der Waals surface area contributed by atoms with Gasteiger partial charge in [-0.1, -0.05) is 20.8 Å². The number of piperazine rings is 1. The SMILES string of the molecule is CCC1CNC(CC(C)C)CN1C(C)CS(C)=O. The lowest BCUT2D eigenvalue weighted by molar-refractivity contribution is 0.0894. The normalized spacial score (nSPS) is 29.4. The van der Waals surface area contributed by atoms with E-state index in [4.69, 9.17) is 0 Å². The molecule has 4 unspecified atom stereocenters. The smallest absolute Gasteiger partial charge is 0.0385 e. The molecule has 0 amide bonds. The van der Waals surface area contributed by atoms with E-state index in [1.807, 2.05) is 6.26 Å². The first kappa shape index (κ1) is 16.1. The van der Waals surface area contributed by atoms with Gasteiger partial charge in [-0.2, -0.15) is 0 Å². The second-order valence-corrected chi connectivity index (χ2v) is 7.56. The van der Waals surface area contributed by atoms with Crippen LogP contribution in [-0.2, 0) is 10.8 Å². The van der Waals surface area contributed by atoms with Crippen LogP contribution in [0.4, 0.5) is 0 Å². The van der Waals surface area contributed by atoms with Crippen molar-refractivity contribution >= 4 is 10.8 Å². The Morgan fingerprint density at radius 3 is 2.56 bits per heavy atom. The van der Waals surface area contributed by atoms with Gasteiger partial charge in [0.15, 0.2) is 0 Å². The molecule has 1 fully saturated rings. The molecule has 0 bridgehead atoms. The van der Waals surface area contributed by atoms with E-state index >= 15 is 0 Å². The highest BCUT2D eigenvalue weighted by Gasteiger charge is 2.30. The molecule has 1 heterocycles. The van der Waals surface area contributed by atoms with Gasteiger partial charge < -0.3 is 5.32 Å². The summed E-state index contributed by atoms with van der Waals surface area (Å²) < 4.78 is 11.4. The molecule has 1 aliphatic heterocycles. The van der Waals surface area contributed by atoms with Crippen LogP contribution in [-0.4, -0.2) is 52.3 Å². The summed E-state index contributed by atoms with van der Waals surface area (Å²) in [7, 11) is -0.698. The maximum Gasteiger partial charge on any atom is 0.0385 e. The Morgan fingerprint density at radius 2 is 2.06 bits per heavy atom. The highest BCUT2D eigenvalue weighted by molar-refractivity contribution is 7.84. The summed E-state index contributed by atoms with van der Waals surface area (Å²) in [6, 6.07) is 1.63. The van der Waals surface area contributed by atoms with Gasteiger partial charge in [-0.25, -0.2) is 0 Å². The molecule has 0 saturated carbocycles. The zero-order valence-corrected chi connectivity index (χ0v) is 13.4. The van der Waals surface area contributed by atoms with Crippen molar-refractivity contribution in [3.05, 3.63) is 0 Å². The van der Waals surface area contributed by atoms with Gasteiger partial charge in [0.1, 0.15) is 0 Å². The highest BCUT2D eigenvalue weighted by atomic mass is 32.2. The Morgan fingerprint density at radius 1 is 1.39 bits per heavy atom. The molecule has 0 radical (unpaired) electrons. The summed E-state index contributed by atoms with van der Waals surface area (Å²) in [5.74, 6) is 1.53. The summed E-state index contributed by atoms with van der Waals surface area (Å²) in [6.07, 6.45) is 4.21. The maximum absolute atomic E-state index is 11.4. The van der Waals surface area contributed by atoms with Gasteiger partial charge in [0.25, 0.3) is 0 Å². The van der Waals surface area contributed by atoms with Gasteiger partial charge >= 0.3 is 0 Å². The first-order chi connectivity index (χ1) is 8.43. The molecule has 0 aromatic rings. The average molecular weight is 274 g/mol. The van der Waals surface area contributed by atoms with Crippen molar-refractivity contribution in [2.24, 2.45) is 5.92 Å². The number of nitrogens with zero attached hydrogens (tertiary/aromatic N) is 1. The summed E-state index contributed by atoms with van der Waals surface area (Å²) in [5.41, 5.74) is 0. The van der Waals surface area contributed by atoms with Crippen molar-refractivity contribution in [3.8, 4) is 0 Å². The molecule has 1 N–H and O–H groups in total. The lowest BCUT2D eigenvalue weighted by Crippen LogP contribution is -2.59. The minimum absolute atomic E-state index is 0.428. The van der Waals surface area contributed by atoms with Crippen molar-refractivity contribution in [2.45, 2.75) is 58.7 Å². The predicted octanol–water partition coefficient (Wildman–Crippen LogP) is 1.85. The molecule has 0 aromatic heterocycles. The van der Waals surface area contributed by atoms with Crippen LogP contribution in [0.3, 0.4) is 0 Å². The van der Waals surface area contributed by atoms with Gasteiger partial charge in [0, 0.05) is 54.0 Å². The van der Waals surface area contributed by atoms with Crippen molar-refractivity contribution in [1.82, 2.24) is 10.2 Å². The fourth-order valence-electron chi connectivity index (χ4n) is 2.97. The maximum atomic E-state index is 11.4. The topological polar surface area (TPSA) is 32.3 Å². The number of hydrogen-bond donors (Lipinski definition) is 1. The lowest BCUT2D eigenvalue weighted by atomic mass is 9.98. The number of hydrogen-bond acceptors (Lipinski definition) is 3. The Kier molecular flexibility index (Phi) is 6.82. The van der Waals surface area contributed by atoms with Crippen LogP contribution in [0.2, 0.25) is 0 Å². The van der Waals surface area contributed by atoms with Gasteiger partial charge in [-0.05, 0) is 25.7 Å². The quantitative estimate of drug-likeness (QED) is 0.802. The molecular weight excluding hydrogens is 244 g/mol. The summed E-state index contributed by atoms with van der Waals surface area (Å²) in [4.78, 5) is 2.57. The van der Waals surface area contributed by atoms with Crippen LogP contribution in [0.15, 0.2) is 0 Å². The van der Waals surface area contributed by atoms with Crippen LogP contribution in [0.5, 0.6) is 0 Å². The minimum Gasteiger partial charge on any atom is -0.311 e. The molecule has 0 aromatic carbocycles. The number of rotatable bonds is 6. The molecule has 3 nitrogen and oxygen atoms in total. The molecule has 18 heavy (non-hydrogen) atoms. The zero-order chi connectivity index (χ0) is 13.7. The lowest BCUT2D eigenvalue weighted by Gasteiger charge is -2.43. The molecule has 1 aliphatic rings. The first-order valence-corrected chi connectivity index (χ1v) is 8.95. The van der Waals surface area contributed by atoms with E-state index in [0.29, 0.717) is 18.1 Å². The standard InChI is InChI=1S/C14H30N2OS/c1-6-14-8-15-13(7-11(2)3)9-16(14)12(4)10-18(5)17/h11-15H,6-10H2,1-5H3. The molecule has 1 rings (SSSR count). The second-order valence-electron chi connectivity index (χ2n) is 6.08. The largest absolute Gasteiger partial charge is 0.311 e. The summed E-state index contributed by atoms with van der Waals surface area (Å²) in [5, 5.41) is 3.67. The first-order valence-electron chi connectivity index (χ1n) is 7.23. The third-order valence-electron chi connectivity index (χ3n) is 3.81. The van der Waals surface area contributed by atoms with E-state index in [2.05, 4.69) is 37.9 Å². The van der Waals surface area contributed by atoms with E-state index in [9.17, 15) is 4.21 Å². The summed E-state index contributed by atoms with van der Waals surface area (Å²) in [6.45, 7) is 11.2. The fraction of sp³-hybridized carbons (Fsp3) is 1.00. The van der Waals surface area contributed by atoms with E-state index in [1.54, 1.807) is 0 Å². The molecule has 4 heteroatoms. The number of nitrogens with one attached hydrogen (secondary N) is 1. The van der Waals surface area contributed by atoms with Gasteiger partial charge in [0.2, 0.25) is 0 Å².